The van der Waals surface area contributed by atoms with Crippen LogP contribution in [0.25, 0.3) is 0 Å². The minimum atomic E-state index is -0.575. The van der Waals surface area contributed by atoms with Gasteiger partial charge in [-0.1, -0.05) is 95.3 Å². The van der Waals surface area contributed by atoms with Crippen LogP contribution >= 0.6 is 0 Å². The van der Waals surface area contributed by atoms with Crippen LogP contribution in [0.1, 0.15) is 88.6 Å². The lowest BCUT2D eigenvalue weighted by atomic mass is 9.70. The maximum Gasteiger partial charge on any atom is 0.310 e. The van der Waals surface area contributed by atoms with Crippen LogP contribution in [0.4, 0.5) is 0 Å². The fraction of sp³-hybridized carbons (Fsp3) is 0.289. The summed E-state index contributed by atoms with van der Waals surface area (Å²) in [6.07, 6.45) is 0.923. The van der Waals surface area contributed by atoms with Crippen molar-refractivity contribution in [2.75, 3.05) is 0 Å². The number of carbonyl (C=O) groups is 3. The van der Waals surface area contributed by atoms with Crippen LogP contribution in [0.15, 0.2) is 97.1 Å². The molecule has 4 aromatic rings. The van der Waals surface area contributed by atoms with Crippen molar-refractivity contribution in [1.82, 2.24) is 0 Å². The van der Waals surface area contributed by atoms with E-state index in [2.05, 4.69) is 45.0 Å². The van der Waals surface area contributed by atoms with Crippen molar-refractivity contribution >= 4 is 17.9 Å². The van der Waals surface area contributed by atoms with Crippen LogP contribution in [-0.2, 0) is 25.2 Å². The Bertz CT molecular complexity index is 1520. The van der Waals surface area contributed by atoms with Gasteiger partial charge in [0, 0.05) is 30.1 Å². The summed E-state index contributed by atoms with van der Waals surface area (Å²) in [5.74, 6) is 0.701. The average Bonchev–Trinajstić information content (AvgIpc) is 3.05. The van der Waals surface area contributed by atoms with Gasteiger partial charge in [-0.2, -0.15) is 0 Å². The lowest BCUT2D eigenvalue weighted by Crippen LogP contribution is -2.26. The summed E-state index contributed by atoms with van der Waals surface area (Å²) in [5.41, 5.74) is 4.43. The highest BCUT2D eigenvalue weighted by Gasteiger charge is 2.32. The summed E-state index contributed by atoms with van der Waals surface area (Å²) in [4.78, 5) is 35.4. The van der Waals surface area contributed by atoms with Crippen LogP contribution < -0.4 is 14.2 Å². The standard InChI is InChI=1S/C38H40O6/c1-7-34(39)42-31-20-14-27(15-21-31)37(4,5)26-10-12-28(13-11-26)38(6,29-16-22-32(23-17-29)43-35(40)8-2)30-18-24-33(25-19-30)44-36(41)9-3/h10-25H,7-9H2,1-6H3. The Morgan fingerprint density at radius 1 is 0.432 bits per heavy atom. The van der Waals surface area contributed by atoms with Crippen LogP contribution in [0, 0.1) is 0 Å². The number of carbonyl (C=O) groups excluding carboxylic acids is 3. The van der Waals surface area contributed by atoms with E-state index in [4.69, 9.17) is 14.2 Å². The van der Waals surface area contributed by atoms with E-state index in [-0.39, 0.29) is 23.3 Å². The molecule has 0 amide bonds. The molecule has 0 bridgehead atoms. The van der Waals surface area contributed by atoms with Crippen LogP contribution in [0.3, 0.4) is 0 Å². The summed E-state index contributed by atoms with van der Waals surface area (Å²) in [7, 11) is 0. The molecule has 0 unspecified atom stereocenters. The first kappa shape index (κ1) is 32.2. The molecule has 6 nitrogen and oxygen atoms in total. The van der Waals surface area contributed by atoms with Gasteiger partial charge in [-0.25, -0.2) is 0 Å². The molecule has 6 heteroatoms. The zero-order valence-corrected chi connectivity index (χ0v) is 26.3. The van der Waals surface area contributed by atoms with Crippen LogP contribution in [0.2, 0.25) is 0 Å². The third-order valence-corrected chi connectivity index (χ3v) is 8.18. The second-order valence-electron chi connectivity index (χ2n) is 11.4. The molecule has 0 fully saturated rings. The summed E-state index contributed by atoms with van der Waals surface area (Å²) >= 11 is 0. The molecule has 0 aliphatic heterocycles. The Morgan fingerprint density at radius 2 is 0.659 bits per heavy atom. The van der Waals surface area contributed by atoms with E-state index in [1.165, 1.54) is 0 Å². The lowest BCUT2D eigenvalue weighted by Gasteiger charge is -2.33. The fourth-order valence-corrected chi connectivity index (χ4v) is 5.15. The third-order valence-electron chi connectivity index (χ3n) is 8.18. The quantitative estimate of drug-likeness (QED) is 0.0990. The van der Waals surface area contributed by atoms with E-state index in [0.717, 1.165) is 27.8 Å². The van der Waals surface area contributed by atoms with E-state index in [9.17, 15) is 14.4 Å². The van der Waals surface area contributed by atoms with E-state index in [1.54, 1.807) is 20.8 Å². The van der Waals surface area contributed by atoms with Gasteiger partial charge in [-0.05, 0) is 71.1 Å². The van der Waals surface area contributed by atoms with Gasteiger partial charge >= 0.3 is 17.9 Å². The minimum absolute atomic E-state index is 0.260. The molecule has 0 aliphatic carbocycles. The normalized spacial score (nSPS) is 11.5. The van der Waals surface area contributed by atoms with Crippen molar-refractivity contribution in [3.63, 3.8) is 0 Å². The van der Waals surface area contributed by atoms with Gasteiger partial charge in [-0.3, -0.25) is 14.4 Å². The smallest absolute Gasteiger partial charge is 0.310 e. The second kappa shape index (κ2) is 13.7. The Balaban J connectivity index is 1.70. The molecule has 4 rings (SSSR count). The summed E-state index contributed by atoms with van der Waals surface area (Å²) in [5, 5.41) is 0. The van der Waals surface area contributed by atoms with Crippen molar-refractivity contribution in [3.05, 3.63) is 125 Å². The monoisotopic (exact) mass is 592 g/mol. The minimum Gasteiger partial charge on any atom is -0.427 e. The molecule has 228 valence electrons. The van der Waals surface area contributed by atoms with E-state index < -0.39 is 5.41 Å². The van der Waals surface area contributed by atoms with Gasteiger partial charge in [-0.15, -0.1) is 0 Å². The van der Waals surface area contributed by atoms with Crippen molar-refractivity contribution in [2.45, 2.75) is 71.6 Å². The highest BCUT2D eigenvalue weighted by molar-refractivity contribution is 5.73. The number of ether oxygens (including phenoxy) is 3. The Labute approximate surface area is 260 Å². The largest absolute Gasteiger partial charge is 0.427 e. The number of hydrogen-bond donors (Lipinski definition) is 0. The molecular weight excluding hydrogens is 552 g/mol. The predicted molar refractivity (Wildman–Crippen MR) is 171 cm³/mol. The molecule has 0 aliphatic rings. The van der Waals surface area contributed by atoms with Gasteiger partial charge < -0.3 is 14.2 Å². The molecule has 0 atom stereocenters. The first-order valence-electron chi connectivity index (χ1n) is 15.1. The van der Waals surface area contributed by atoms with Crippen LogP contribution in [-0.4, -0.2) is 17.9 Å². The van der Waals surface area contributed by atoms with E-state index in [1.807, 2.05) is 72.8 Å². The molecule has 0 heterocycles. The summed E-state index contributed by atoms with van der Waals surface area (Å²) < 4.78 is 16.2. The molecule has 4 aromatic carbocycles. The van der Waals surface area contributed by atoms with Gasteiger partial charge in [0.1, 0.15) is 17.2 Å². The zero-order chi connectivity index (χ0) is 31.9. The van der Waals surface area contributed by atoms with Crippen LogP contribution in [0.5, 0.6) is 17.2 Å². The first-order valence-corrected chi connectivity index (χ1v) is 15.1. The highest BCUT2D eigenvalue weighted by Crippen LogP contribution is 2.41. The number of rotatable bonds is 11. The van der Waals surface area contributed by atoms with Gasteiger partial charge in [0.15, 0.2) is 0 Å². The van der Waals surface area contributed by atoms with Crippen molar-refractivity contribution in [3.8, 4) is 17.2 Å². The third kappa shape index (κ3) is 7.08. The van der Waals surface area contributed by atoms with Crippen molar-refractivity contribution < 1.29 is 28.6 Å². The highest BCUT2D eigenvalue weighted by atomic mass is 16.5. The topological polar surface area (TPSA) is 78.9 Å². The molecule has 0 spiro atoms. The Morgan fingerprint density at radius 3 is 0.932 bits per heavy atom. The Kier molecular flexibility index (Phi) is 10.0. The predicted octanol–water partition coefficient (Wildman–Crippen LogP) is 8.31. The van der Waals surface area contributed by atoms with Gasteiger partial charge in [0.2, 0.25) is 0 Å². The molecule has 44 heavy (non-hydrogen) atoms. The molecule has 0 radical (unpaired) electrons. The van der Waals surface area contributed by atoms with Crippen molar-refractivity contribution in [1.29, 1.82) is 0 Å². The second-order valence-corrected chi connectivity index (χ2v) is 11.4. The lowest BCUT2D eigenvalue weighted by molar-refractivity contribution is -0.134. The fourth-order valence-electron chi connectivity index (χ4n) is 5.15. The number of esters is 3. The summed E-state index contributed by atoms with van der Waals surface area (Å²) in [6, 6.07) is 31.4. The zero-order valence-electron chi connectivity index (χ0n) is 26.3. The number of hydrogen-bond acceptors (Lipinski definition) is 6. The van der Waals surface area contributed by atoms with E-state index in [0.29, 0.717) is 36.5 Å². The Hall–Kier alpha value is -4.71. The van der Waals surface area contributed by atoms with Gasteiger partial charge in [0.25, 0.3) is 0 Å². The first-order chi connectivity index (χ1) is 21.0. The average molecular weight is 593 g/mol. The maximum absolute atomic E-state index is 11.8. The molecular formula is C38H40O6. The molecule has 0 saturated carbocycles. The SMILES string of the molecule is CCC(=O)Oc1ccc(C(C)(C)c2ccc(C(C)(c3ccc(OC(=O)CC)cc3)c3ccc(OC(=O)CC)cc3)cc2)cc1. The number of benzene rings is 4. The summed E-state index contributed by atoms with van der Waals surface area (Å²) in [6.45, 7) is 11.8. The maximum atomic E-state index is 11.8. The molecule has 0 aromatic heterocycles. The molecule has 0 saturated heterocycles. The van der Waals surface area contributed by atoms with Crippen molar-refractivity contribution in [2.24, 2.45) is 0 Å². The van der Waals surface area contributed by atoms with Gasteiger partial charge in [0.05, 0.1) is 0 Å². The van der Waals surface area contributed by atoms with E-state index >= 15 is 0 Å². The molecule has 0 N–H and O–H groups in total.